The molecule has 4 aromatic rings. The van der Waals surface area contributed by atoms with E-state index in [0.29, 0.717) is 17.5 Å². The van der Waals surface area contributed by atoms with Gasteiger partial charge in [-0.25, -0.2) is 4.98 Å². The molecule has 46 heavy (non-hydrogen) atoms. The zero-order valence-corrected chi connectivity index (χ0v) is 28.3. The van der Waals surface area contributed by atoms with Crippen molar-refractivity contribution >= 4 is 22.8 Å². The third-order valence-corrected chi connectivity index (χ3v) is 8.00. The third-order valence-electron chi connectivity index (χ3n) is 8.00. The van der Waals surface area contributed by atoms with Crippen molar-refractivity contribution in [3.63, 3.8) is 0 Å². The number of benzene rings is 3. The Kier molecular flexibility index (Phi) is 9.31. The van der Waals surface area contributed by atoms with Crippen LogP contribution in [-0.2, 0) is 16.2 Å². The normalized spacial score (nSPS) is 13.1. The van der Waals surface area contributed by atoms with E-state index >= 15 is 0 Å². The van der Waals surface area contributed by atoms with Gasteiger partial charge in [-0.05, 0) is 75.4 Å². The molecule has 0 unspecified atom stereocenters. The number of nitrogens with two attached hydrogens (primary N) is 1. The van der Waals surface area contributed by atoms with E-state index in [1.807, 2.05) is 59.5 Å². The average molecular weight is 627 g/mol. The number of aromatic nitrogens is 1. The van der Waals surface area contributed by atoms with E-state index in [2.05, 4.69) is 91.6 Å². The Balaban J connectivity index is 1.97. The highest BCUT2D eigenvalue weighted by Crippen LogP contribution is 2.39. The van der Waals surface area contributed by atoms with Crippen molar-refractivity contribution in [1.29, 1.82) is 5.41 Å². The Bertz CT molecular complexity index is 1650. The van der Waals surface area contributed by atoms with E-state index in [4.69, 9.17) is 11.1 Å². The molecule has 7 heteroatoms. The highest BCUT2D eigenvalue weighted by Gasteiger charge is 2.32. The number of rotatable bonds is 6. The molecule has 0 spiro atoms. The molecule has 0 aliphatic carbocycles. The van der Waals surface area contributed by atoms with Crippen molar-refractivity contribution < 1.29 is 13.2 Å². The van der Waals surface area contributed by atoms with E-state index in [1.54, 1.807) is 6.07 Å². The summed E-state index contributed by atoms with van der Waals surface area (Å²) in [5.41, 5.74) is 10.6. The summed E-state index contributed by atoms with van der Waals surface area (Å²) < 4.78 is 40.1. The van der Waals surface area contributed by atoms with Crippen molar-refractivity contribution in [1.82, 2.24) is 4.98 Å². The molecule has 242 valence electrons. The summed E-state index contributed by atoms with van der Waals surface area (Å²) in [7, 11) is 0. The molecule has 0 aliphatic rings. The van der Waals surface area contributed by atoms with E-state index < -0.39 is 17.6 Å². The van der Waals surface area contributed by atoms with E-state index in [9.17, 15) is 13.2 Å². The fourth-order valence-electron chi connectivity index (χ4n) is 5.05. The quantitative estimate of drug-likeness (QED) is 0.209. The smallest absolute Gasteiger partial charge is 0.395 e. The lowest BCUT2D eigenvalue weighted by molar-refractivity contribution is -0.0925. The number of hydrogen-bond donors (Lipinski definition) is 2. The number of anilines is 3. The van der Waals surface area contributed by atoms with Crippen LogP contribution in [0.3, 0.4) is 0 Å². The molecule has 4 nitrogen and oxygen atoms in total. The number of pyridine rings is 1. The van der Waals surface area contributed by atoms with Gasteiger partial charge in [0.2, 0.25) is 0 Å². The summed E-state index contributed by atoms with van der Waals surface area (Å²) in [6.45, 7) is 19.3. The summed E-state index contributed by atoms with van der Waals surface area (Å²) in [4.78, 5) is 6.72. The summed E-state index contributed by atoms with van der Waals surface area (Å²) in [5.74, 6) is 0. The second-order valence-corrected chi connectivity index (χ2v) is 14.9. The predicted molar refractivity (Wildman–Crippen MR) is 186 cm³/mol. The van der Waals surface area contributed by atoms with Gasteiger partial charge in [0.25, 0.3) is 0 Å². The van der Waals surface area contributed by atoms with Crippen molar-refractivity contribution in [2.24, 2.45) is 5.73 Å². The predicted octanol–water partition coefficient (Wildman–Crippen LogP) is 10.9. The Morgan fingerprint density at radius 3 is 1.39 bits per heavy atom. The van der Waals surface area contributed by atoms with Crippen LogP contribution in [0.15, 0.2) is 96.7 Å². The van der Waals surface area contributed by atoms with Gasteiger partial charge in [0.15, 0.2) is 0 Å². The molecule has 0 saturated carbocycles. The maximum absolute atomic E-state index is 13.4. The summed E-state index contributed by atoms with van der Waals surface area (Å²) in [6.07, 6.45) is -4.13. The van der Waals surface area contributed by atoms with Gasteiger partial charge in [-0.3, -0.25) is 5.41 Å². The molecule has 0 aliphatic heterocycles. The minimum absolute atomic E-state index is 0.0478. The number of allylic oxidation sites excluding steroid dienone is 2. The van der Waals surface area contributed by atoms with Crippen LogP contribution in [0, 0.1) is 5.41 Å². The minimum Gasteiger partial charge on any atom is -0.395 e. The first-order valence-electron chi connectivity index (χ1n) is 15.4. The lowest BCUT2D eigenvalue weighted by atomic mass is 9.86. The van der Waals surface area contributed by atoms with Crippen LogP contribution >= 0.6 is 0 Å². The van der Waals surface area contributed by atoms with Crippen LogP contribution in [0.2, 0.25) is 0 Å². The van der Waals surface area contributed by atoms with Crippen molar-refractivity contribution in [3.8, 4) is 11.3 Å². The highest BCUT2D eigenvalue weighted by molar-refractivity contribution is 6.06. The molecule has 0 saturated heterocycles. The van der Waals surface area contributed by atoms with Gasteiger partial charge in [-0.2, -0.15) is 13.2 Å². The van der Waals surface area contributed by atoms with Gasteiger partial charge in [0.05, 0.1) is 22.8 Å². The monoisotopic (exact) mass is 626 g/mol. The molecular weight excluding hydrogens is 581 g/mol. The largest absolute Gasteiger partial charge is 0.430 e. The molecule has 0 atom stereocenters. The van der Waals surface area contributed by atoms with Gasteiger partial charge < -0.3 is 10.6 Å². The van der Waals surface area contributed by atoms with E-state index in [-0.39, 0.29) is 21.9 Å². The van der Waals surface area contributed by atoms with Crippen molar-refractivity contribution in [3.05, 3.63) is 119 Å². The van der Waals surface area contributed by atoms with Crippen LogP contribution in [0.25, 0.3) is 11.3 Å². The average Bonchev–Trinajstić information content (AvgIpc) is 2.96. The van der Waals surface area contributed by atoms with Crippen LogP contribution in [0.1, 0.15) is 84.7 Å². The van der Waals surface area contributed by atoms with Crippen molar-refractivity contribution in [2.45, 2.75) is 84.7 Å². The topological polar surface area (TPSA) is 66.0 Å². The van der Waals surface area contributed by atoms with Gasteiger partial charge in [-0.15, -0.1) is 0 Å². The van der Waals surface area contributed by atoms with Gasteiger partial charge >= 0.3 is 6.18 Å². The second-order valence-electron chi connectivity index (χ2n) is 14.9. The highest BCUT2D eigenvalue weighted by atomic mass is 19.4. The SMILES string of the molecule is CC(C)(C)c1ccc(-c2cc(N(c3ccc(C(C)(C)C)cc3)c3ccc(C(C)(C)C)cc3)cc(C(=N)C=C(N)C(F)(F)F)n2)cc1. The molecule has 3 aromatic carbocycles. The van der Waals surface area contributed by atoms with E-state index in [1.165, 1.54) is 11.1 Å². The van der Waals surface area contributed by atoms with E-state index in [0.717, 1.165) is 22.5 Å². The van der Waals surface area contributed by atoms with Gasteiger partial charge in [0, 0.05) is 16.9 Å². The first-order valence-corrected chi connectivity index (χ1v) is 15.4. The number of nitrogens with one attached hydrogen (secondary N) is 1. The first-order chi connectivity index (χ1) is 21.1. The zero-order chi connectivity index (χ0) is 34.2. The zero-order valence-electron chi connectivity index (χ0n) is 28.3. The lowest BCUT2D eigenvalue weighted by Gasteiger charge is -2.28. The number of hydrogen-bond acceptors (Lipinski definition) is 4. The second kappa shape index (κ2) is 12.4. The van der Waals surface area contributed by atoms with Crippen LogP contribution < -0.4 is 10.6 Å². The fourth-order valence-corrected chi connectivity index (χ4v) is 5.05. The Morgan fingerprint density at radius 1 is 0.630 bits per heavy atom. The maximum atomic E-state index is 13.4. The molecule has 0 bridgehead atoms. The Hall–Kier alpha value is -4.39. The molecule has 3 N–H and O–H groups in total. The lowest BCUT2D eigenvalue weighted by Crippen LogP contribution is -2.21. The Morgan fingerprint density at radius 2 is 1.02 bits per heavy atom. The third kappa shape index (κ3) is 8.06. The molecule has 0 radical (unpaired) electrons. The molecular formula is C39H45F3N4. The summed E-state index contributed by atoms with van der Waals surface area (Å²) >= 11 is 0. The van der Waals surface area contributed by atoms with Gasteiger partial charge in [0.1, 0.15) is 5.70 Å². The standard InChI is InChI=1S/C39H45F3N4/c1-36(2,3)26-12-10-25(11-13-26)33-22-31(23-34(45-33)32(43)24-35(44)39(40,41)42)46(29-18-14-27(15-19-29)37(4,5)6)30-20-16-28(17-21-30)38(7,8)9/h10-24,43H,44H2,1-9H3. The molecule has 0 fully saturated rings. The molecule has 0 amide bonds. The van der Waals surface area contributed by atoms with Crippen LogP contribution in [-0.4, -0.2) is 16.9 Å². The minimum atomic E-state index is -4.76. The molecule has 1 heterocycles. The number of alkyl halides is 3. The maximum Gasteiger partial charge on any atom is 0.430 e. The Labute approximate surface area is 271 Å². The fraction of sp³-hybridized carbons (Fsp3) is 0.333. The molecule has 1 aromatic heterocycles. The number of nitrogens with zero attached hydrogens (tertiary/aromatic N) is 2. The molecule has 4 rings (SSSR count). The summed E-state index contributed by atoms with van der Waals surface area (Å²) in [5, 5.41) is 8.62. The first kappa shape index (κ1) is 34.5. The van der Waals surface area contributed by atoms with Gasteiger partial charge in [-0.1, -0.05) is 111 Å². The summed E-state index contributed by atoms with van der Waals surface area (Å²) in [6, 6.07) is 28.1. The van der Waals surface area contributed by atoms with Crippen molar-refractivity contribution in [2.75, 3.05) is 4.90 Å². The van der Waals surface area contributed by atoms with Crippen LogP contribution in [0.4, 0.5) is 30.2 Å². The van der Waals surface area contributed by atoms with Crippen LogP contribution in [0.5, 0.6) is 0 Å². The number of halogens is 3.